The van der Waals surface area contributed by atoms with E-state index in [9.17, 15) is 19.8 Å². The highest BCUT2D eigenvalue weighted by atomic mass is 16.3. The van der Waals surface area contributed by atoms with E-state index in [0.717, 1.165) is 69.3 Å². The molecule has 0 spiro atoms. The number of piperidine rings is 1. The number of hydrogen-bond acceptors (Lipinski definition) is 5. The van der Waals surface area contributed by atoms with Gasteiger partial charge in [-0.15, -0.1) is 0 Å². The van der Waals surface area contributed by atoms with Crippen LogP contribution in [0.3, 0.4) is 0 Å². The van der Waals surface area contributed by atoms with E-state index in [4.69, 9.17) is 0 Å². The van der Waals surface area contributed by atoms with Crippen molar-refractivity contribution in [2.45, 2.75) is 142 Å². The molecular weight excluding hydrogens is 600 g/mol. The third-order valence-electron chi connectivity index (χ3n) is 13.1. The van der Waals surface area contributed by atoms with Crippen molar-refractivity contribution in [1.29, 1.82) is 0 Å². The second-order valence-corrected chi connectivity index (χ2v) is 16.9. The highest BCUT2D eigenvalue weighted by Gasteiger charge is 2.51. The molecule has 3 heterocycles. The van der Waals surface area contributed by atoms with E-state index in [2.05, 4.69) is 37.0 Å². The Bertz CT molecular complexity index is 1660. The Hall–Kier alpha value is -2.84. The lowest BCUT2D eigenvalue weighted by Crippen LogP contribution is -2.39. The van der Waals surface area contributed by atoms with Gasteiger partial charge in [0.05, 0.1) is 30.0 Å². The SMILES string of the molecule is C[C@H](CCCC(C)(C)O)[C@H]1CC[C@H]2/C(=C/C3C4=C(CC[C@H](O)C4)Cn4c(=O)n(-c5ccc(N6CCCCC6)cc5)c(=O)n43)CCC[C@]12C. The molecule has 3 fully saturated rings. The molecule has 2 aliphatic heterocycles. The molecule has 2 aromatic rings. The van der Waals surface area contributed by atoms with Crippen molar-refractivity contribution in [1.82, 2.24) is 13.9 Å². The number of hydrogen-bond donors (Lipinski definition) is 2. The molecule has 2 saturated carbocycles. The molecule has 2 N–H and O–H groups in total. The van der Waals surface area contributed by atoms with Gasteiger partial charge in [-0.2, -0.15) is 0 Å². The Morgan fingerprint density at radius 1 is 0.979 bits per heavy atom. The van der Waals surface area contributed by atoms with Gasteiger partial charge in [0.15, 0.2) is 0 Å². The normalized spacial score (nSPS) is 30.7. The predicted octanol–water partition coefficient (Wildman–Crippen LogP) is 6.91. The Kier molecular flexibility index (Phi) is 9.20. The van der Waals surface area contributed by atoms with Gasteiger partial charge in [0.1, 0.15) is 0 Å². The third kappa shape index (κ3) is 6.21. The zero-order valence-electron chi connectivity index (χ0n) is 29.8. The first-order valence-corrected chi connectivity index (χ1v) is 19.1. The van der Waals surface area contributed by atoms with Crippen LogP contribution < -0.4 is 16.3 Å². The van der Waals surface area contributed by atoms with Crippen LogP contribution in [0.15, 0.2) is 56.6 Å². The molecule has 5 aliphatic rings. The molecule has 8 heteroatoms. The van der Waals surface area contributed by atoms with Gasteiger partial charge >= 0.3 is 11.4 Å². The van der Waals surface area contributed by atoms with Crippen LogP contribution in [0.25, 0.3) is 5.69 Å². The van der Waals surface area contributed by atoms with E-state index in [-0.39, 0.29) is 22.8 Å². The lowest BCUT2D eigenvalue weighted by atomic mass is 9.60. The van der Waals surface area contributed by atoms with Crippen molar-refractivity contribution in [2.75, 3.05) is 18.0 Å². The van der Waals surface area contributed by atoms with Gasteiger partial charge in [-0.1, -0.05) is 38.3 Å². The summed E-state index contributed by atoms with van der Waals surface area (Å²) in [5.41, 5.74) is 4.59. The fourth-order valence-electron chi connectivity index (χ4n) is 10.6. The summed E-state index contributed by atoms with van der Waals surface area (Å²) in [6.45, 7) is 11.3. The summed E-state index contributed by atoms with van der Waals surface area (Å²) in [5.74, 6) is 1.70. The minimum atomic E-state index is -0.614. The number of anilines is 1. The van der Waals surface area contributed by atoms with Crippen molar-refractivity contribution >= 4 is 5.69 Å². The maximum absolute atomic E-state index is 14.4. The first kappa shape index (κ1) is 33.6. The smallest absolute Gasteiger partial charge is 0.352 e. The summed E-state index contributed by atoms with van der Waals surface area (Å²) in [7, 11) is 0. The second-order valence-electron chi connectivity index (χ2n) is 16.9. The lowest BCUT2D eigenvalue weighted by Gasteiger charge is -2.45. The molecule has 1 aromatic heterocycles. The topological polar surface area (TPSA) is 92.6 Å². The van der Waals surface area contributed by atoms with Crippen molar-refractivity contribution in [2.24, 2.45) is 23.2 Å². The molecule has 6 atom stereocenters. The minimum Gasteiger partial charge on any atom is -0.393 e. The summed E-state index contributed by atoms with van der Waals surface area (Å²) in [4.78, 5) is 30.9. The summed E-state index contributed by atoms with van der Waals surface area (Å²) in [6, 6.07) is 7.62. The minimum absolute atomic E-state index is 0.211. The number of aliphatic hydroxyl groups is 2. The van der Waals surface area contributed by atoms with Crippen LogP contribution in [0, 0.1) is 23.2 Å². The predicted molar refractivity (Wildman–Crippen MR) is 192 cm³/mol. The molecule has 8 nitrogen and oxygen atoms in total. The Morgan fingerprint density at radius 3 is 2.44 bits per heavy atom. The molecular formula is C40H58N4O4. The summed E-state index contributed by atoms with van der Waals surface area (Å²) < 4.78 is 4.78. The molecule has 0 amide bonds. The van der Waals surface area contributed by atoms with E-state index in [1.165, 1.54) is 47.8 Å². The summed E-state index contributed by atoms with van der Waals surface area (Å²) >= 11 is 0. The van der Waals surface area contributed by atoms with Crippen LogP contribution in [0.1, 0.15) is 124 Å². The van der Waals surface area contributed by atoms with Gasteiger partial charge < -0.3 is 15.1 Å². The average molecular weight is 659 g/mol. The number of fused-ring (bicyclic) bond motifs is 2. The third-order valence-corrected chi connectivity index (χ3v) is 13.1. The Labute approximate surface area is 286 Å². The van der Waals surface area contributed by atoms with Crippen molar-refractivity contribution < 1.29 is 10.2 Å². The standard InChI is InChI=1S/C40H58N4O4/c1-27(10-8-20-39(2,3)48)34-18-19-35-28(11-9-21-40(34,35)4)24-36-33-25-32(45)17-12-29(33)26-42-37(46)43(38(47)44(36)42)31-15-13-30(14-16-31)41-22-6-5-7-23-41/h13-16,24,27,32,34-36,45,48H,5-12,17-23,25-26H2,1-4H3/b28-24+/t27-,32+,34-,35+,36?,40-/m1/s1. The van der Waals surface area contributed by atoms with Crippen molar-refractivity contribution in [3.05, 3.63) is 68.0 Å². The van der Waals surface area contributed by atoms with Crippen LogP contribution in [0.4, 0.5) is 5.69 Å². The average Bonchev–Trinajstić information content (AvgIpc) is 3.54. The number of aliphatic hydroxyl groups excluding tert-OH is 1. The monoisotopic (exact) mass is 658 g/mol. The largest absolute Gasteiger partial charge is 0.393 e. The van der Waals surface area contributed by atoms with E-state index in [1.807, 2.05) is 26.0 Å². The highest BCUT2D eigenvalue weighted by molar-refractivity contribution is 5.51. The first-order valence-electron chi connectivity index (χ1n) is 19.1. The molecule has 1 saturated heterocycles. The van der Waals surface area contributed by atoms with Crippen LogP contribution in [-0.2, 0) is 6.54 Å². The van der Waals surface area contributed by atoms with E-state index < -0.39 is 11.7 Å². The van der Waals surface area contributed by atoms with E-state index in [1.54, 1.807) is 9.36 Å². The molecule has 262 valence electrons. The highest BCUT2D eigenvalue weighted by Crippen LogP contribution is 2.60. The summed E-state index contributed by atoms with van der Waals surface area (Å²) in [6.07, 6.45) is 16.4. The fraction of sp³-hybridized carbons (Fsp3) is 0.700. The number of allylic oxidation sites excluding steroid dienone is 3. The molecule has 7 rings (SSSR count). The zero-order valence-corrected chi connectivity index (χ0v) is 29.8. The van der Waals surface area contributed by atoms with Gasteiger partial charge in [-0.25, -0.2) is 23.5 Å². The maximum atomic E-state index is 14.4. The van der Waals surface area contributed by atoms with E-state index >= 15 is 0 Å². The molecule has 1 unspecified atom stereocenters. The number of rotatable bonds is 8. The molecule has 48 heavy (non-hydrogen) atoms. The number of benzene rings is 1. The number of aromatic nitrogens is 3. The van der Waals surface area contributed by atoms with Gasteiger partial charge in [0.25, 0.3) is 0 Å². The first-order chi connectivity index (χ1) is 22.9. The molecule has 0 bridgehead atoms. The van der Waals surface area contributed by atoms with Crippen LogP contribution in [-0.4, -0.2) is 48.9 Å². The molecule has 3 aliphatic carbocycles. The Morgan fingerprint density at radius 2 is 1.71 bits per heavy atom. The van der Waals surface area contributed by atoms with Crippen molar-refractivity contribution in [3.8, 4) is 5.69 Å². The van der Waals surface area contributed by atoms with Crippen molar-refractivity contribution in [3.63, 3.8) is 0 Å². The maximum Gasteiger partial charge on any atom is 0.352 e. The zero-order chi connectivity index (χ0) is 33.8. The Balaban J connectivity index is 1.22. The number of nitrogens with zero attached hydrogens (tertiary/aromatic N) is 4. The quantitative estimate of drug-likeness (QED) is 0.301. The molecule has 1 aromatic carbocycles. The van der Waals surface area contributed by atoms with Crippen LogP contribution in [0.5, 0.6) is 0 Å². The summed E-state index contributed by atoms with van der Waals surface area (Å²) in [5, 5.41) is 21.1. The second kappa shape index (κ2) is 13.1. The van der Waals surface area contributed by atoms with Gasteiger partial charge in [0.2, 0.25) is 0 Å². The van der Waals surface area contributed by atoms with E-state index in [0.29, 0.717) is 42.8 Å². The fourth-order valence-corrected chi connectivity index (χ4v) is 10.6. The van der Waals surface area contributed by atoms with Gasteiger partial charge in [0, 0.05) is 18.8 Å². The van der Waals surface area contributed by atoms with Crippen LogP contribution in [0.2, 0.25) is 0 Å². The van der Waals surface area contributed by atoms with Gasteiger partial charge in [-0.3, -0.25) is 0 Å². The molecule has 0 radical (unpaired) electrons. The lowest BCUT2D eigenvalue weighted by molar-refractivity contribution is 0.0596. The van der Waals surface area contributed by atoms with Crippen LogP contribution >= 0.6 is 0 Å². The van der Waals surface area contributed by atoms with Gasteiger partial charge in [-0.05, 0) is 149 Å².